The Labute approximate surface area is 78.0 Å². The van der Waals surface area contributed by atoms with Crippen molar-refractivity contribution in [3.05, 3.63) is 36.2 Å². The second-order valence-electron chi connectivity index (χ2n) is 2.87. The van der Waals surface area contributed by atoms with E-state index in [2.05, 4.69) is 11.7 Å². The van der Waals surface area contributed by atoms with Crippen LogP contribution in [0.2, 0.25) is 0 Å². The summed E-state index contributed by atoms with van der Waals surface area (Å²) in [4.78, 5) is 0. The van der Waals surface area contributed by atoms with E-state index in [9.17, 15) is 0 Å². The van der Waals surface area contributed by atoms with E-state index >= 15 is 0 Å². The molecule has 0 atom stereocenters. The van der Waals surface area contributed by atoms with E-state index in [0.717, 1.165) is 16.8 Å². The SMILES string of the molecule is C=C(/C=C\C)c1nn(CO)cc1C. The summed E-state index contributed by atoms with van der Waals surface area (Å²) in [6.45, 7) is 7.67. The highest BCUT2D eigenvalue weighted by atomic mass is 16.3. The minimum atomic E-state index is -0.0933. The zero-order valence-corrected chi connectivity index (χ0v) is 7.99. The normalized spacial score (nSPS) is 11.0. The molecule has 0 radical (unpaired) electrons. The maximum absolute atomic E-state index is 8.84. The number of aliphatic hydroxyl groups is 1. The molecule has 0 bridgehead atoms. The van der Waals surface area contributed by atoms with Gasteiger partial charge in [-0.15, -0.1) is 0 Å². The predicted molar refractivity (Wildman–Crippen MR) is 53.0 cm³/mol. The Morgan fingerprint density at radius 3 is 2.92 bits per heavy atom. The van der Waals surface area contributed by atoms with Gasteiger partial charge in [0.25, 0.3) is 0 Å². The van der Waals surface area contributed by atoms with Gasteiger partial charge in [-0.25, -0.2) is 4.68 Å². The van der Waals surface area contributed by atoms with Gasteiger partial charge in [-0.05, 0) is 25.0 Å². The minimum absolute atomic E-state index is 0.0933. The molecule has 1 aromatic rings. The number of allylic oxidation sites excluding steroid dienone is 3. The van der Waals surface area contributed by atoms with E-state index < -0.39 is 0 Å². The topological polar surface area (TPSA) is 38.0 Å². The molecule has 1 aromatic heterocycles. The van der Waals surface area contributed by atoms with Crippen LogP contribution >= 0.6 is 0 Å². The maximum atomic E-state index is 8.84. The lowest BCUT2D eigenvalue weighted by Gasteiger charge is -1.95. The van der Waals surface area contributed by atoms with E-state index in [-0.39, 0.29) is 6.73 Å². The molecule has 0 saturated heterocycles. The van der Waals surface area contributed by atoms with Crippen LogP contribution in [0, 0.1) is 6.92 Å². The average molecular weight is 178 g/mol. The molecule has 0 aromatic carbocycles. The van der Waals surface area contributed by atoms with Crippen molar-refractivity contribution in [2.45, 2.75) is 20.6 Å². The summed E-state index contributed by atoms with van der Waals surface area (Å²) in [6.07, 6.45) is 5.61. The van der Waals surface area contributed by atoms with Gasteiger partial charge >= 0.3 is 0 Å². The summed E-state index contributed by atoms with van der Waals surface area (Å²) in [5.41, 5.74) is 2.73. The van der Waals surface area contributed by atoms with E-state index in [1.54, 1.807) is 6.20 Å². The Balaban J connectivity index is 3.00. The van der Waals surface area contributed by atoms with Crippen LogP contribution < -0.4 is 0 Å². The number of aliphatic hydroxyl groups excluding tert-OH is 1. The number of hydrogen-bond acceptors (Lipinski definition) is 2. The first-order valence-electron chi connectivity index (χ1n) is 4.16. The predicted octanol–water partition coefficient (Wildman–Crippen LogP) is 1.73. The Morgan fingerprint density at radius 2 is 2.46 bits per heavy atom. The molecule has 1 N–H and O–H groups in total. The van der Waals surface area contributed by atoms with Crippen molar-refractivity contribution in [1.82, 2.24) is 9.78 Å². The van der Waals surface area contributed by atoms with Gasteiger partial charge in [-0.2, -0.15) is 5.10 Å². The van der Waals surface area contributed by atoms with E-state index in [1.165, 1.54) is 4.68 Å². The van der Waals surface area contributed by atoms with Crippen LogP contribution in [-0.2, 0) is 6.73 Å². The minimum Gasteiger partial charge on any atom is -0.374 e. The Hall–Kier alpha value is -1.35. The van der Waals surface area contributed by atoms with Crippen molar-refractivity contribution in [2.75, 3.05) is 0 Å². The van der Waals surface area contributed by atoms with Gasteiger partial charge in [0.05, 0.1) is 5.69 Å². The van der Waals surface area contributed by atoms with Crippen LogP contribution in [0.15, 0.2) is 24.9 Å². The second kappa shape index (κ2) is 4.05. The molecule has 0 aliphatic rings. The Kier molecular flexibility index (Phi) is 3.03. The lowest BCUT2D eigenvalue weighted by atomic mass is 10.1. The number of hydrogen-bond donors (Lipinski definition) is 1. The molecule has 0 amide bonds. The van der Waals surface area contributed by atoms with Crippen LogP contribution in [0.25, 0.3) is 5.57 Å². The van der Waals surface area contributed by atoms with Gasteiger partial charge in [-0.1, -0.05) is 18.7 Å². The standard InChI is InChI=1S/C10H14N2O/c1-4-5-8(2)10-9(3)6-12(7-13)11-10/h4-6,13H,2,7H2,1,3H3/b5-4-. The van der Waals surface area contributed by atoms with Crippen LogP contribution in [0.4, 0.5) is 0 Å². The highest BCUT2D eigenvalue weighted by Crippen LogP contribution is 2.15. The number of rotatable bonds is 3. The third-order valence-electron chi connectivity index (χ3n) is 1.76. The molecule has 0 spiro atoms. The first-order valence-corrected chi connectivity index (χ1v) is 4.16. The van der Waals surface area contributed by atoms with Crippen LogP contribution in [-0.4, -0.2) is 14.9 Å². The first kappa shape index (κ1) is 9.74. The maximum Gasteiger partial charge on any atom is 0.136 e. The fraction of sp³-hybridized carbons (Fsp3) is 0.300. The molecule has 70 valence electrons. The highest BCUT2D eigenvalue weighted by Gasteiger charge is 2.05. The summed E-state index contributed by atoms with van der Waals surface area (Å²) < 4.78 is 1.49. The van der Waals surface area contributed by atoms with Gasteiger partial charge in [-0.3, -0.25) is 0 Å². The molecule has 0 aliphatic carbocycles. The molecular formula is C10H14N2O. The summed E-state index contributed by atoms with van der Waals surface area (Å²) in [7, 11) is 0. The molecule has 0 saturated carbocycles. The van der Waals surface area contributed by atoms with Crippen molar-refractivity contribution in [2.24, 2.45) is 0 Å². The molecule has 1 heterocycles. The average Bonchev–Trinajstić information content (AvgIpc) is 2.47. The third kappa shape index (κ3) is 2.06. The van der Waals surface area contributed by atoms with Crippen LogP contribution in [0.3, 0.4) is 0 Å². The molecule has 1 rings (SSSR count). The van der Waals surface area contributed by atoms with E-state index in [1.807, 2.05) is 26.0 Å². The summed E-state index contributed by atoms with van der Waals surface area (Å²) in [6, 6.07) is 0. The molecule has 0 fully saturated rings. The number of nitrogens with zero attached hydrogens (tertiary/aromatic N) is 2. The molecule has 13 heavy (non-hydrogen) atoms. The monoisotopic (exact) mass is 178 g/mol. The Morgan fingerprint density at radius 1 is 1.77 bits per heavy atom. The quantitative estimate of drug-likeness (QED) is 0.716. The summed E-state index contributed by atoms with van der Waals surface area (Å²) in [5.74, 6) is 0. The zero-order chi connectivity index (χ0) is 9.84. The van der Waals surface area contributed by atoms with Gasteiger partial charge in [0.1, 0.15) is 6.73 Å². The molecular weight excluding hydrogens is 164 g/mol. The van der Waals surface area contributed by atoms with Crippen molar-refractivity contribution in [3.63, 3.8) is 0 Å². The third-order valence-corrected chi connectivity index (χ3v) is 1.76. The van der Waals surface area contributed by atoms with Gasteiger partial charge in [0, 0.05) is 6.20 Å². The van der Waals surface area contributed by atoms with Crippen LogP contribution in [0.1, 0.15) is 18.2 Å². The molecule has 0 aliphatic heterocycles. The number of aromatic nitrogens is 2. The van der Waals surface area contributed by atoms with E-state index in [4.69, 9.17) is 5.11 Å². The van der Waals surface area contributed by atoms with Crippen molar-refractivity contribution < 1.29 is 5.11 Å². The van der Waals surface area contributed by atoms with E-state index in [0.29, 0.717) is 0 Å². The highest BCUT2D eigenvalue weighted by molar-refractivity contribution is 5.71. The fourth-order valence-corrected chi connectivity index (χ4v) is 1.19. The van der Waals surface area contributed by atoms with Gasteiger partial charge in [0.15, 0.2) is 0 Å². The fourth-order valence-electron chi connectivity index (χ4n) is 1.19. The largest absolute Gasteiger partial charge is 0.374 e. The smallest absolute Gasteiger partial charge is 0.136 e. The summed E-state index contributed by atoms with van der Waals surface area (Å²) in [5, 5.41) is 13.0. The second-order valence-corrected chi connectivity index (χ2v) is 2.87. The lowest BCUT2D eigenvalue weighted by molar-refractivity contribution is 0.195. The van der Waals surface area contributed by atoms with Crippen molar-refractivity contribution in [3.8, 4) is 0 Å². The van der Waals surface area contributed by atoms with Gasteiger partial charge in [0.2, 0.25) is 0 Å². The summed E-state index contributed by atoms with van der Waals surface area (Å²) >= 11 is 0. The van der Waals surface area contributed by atoms with Crippen molar-refractivity contribution >= 4 is 5.57 Å². The number of aryl methyl sites for hydroxylation is 1. The lowest BCUT2D eigenvalue weighted by Crippen LogP contribution is -1.97. The van der Waals surface area contributed by atoms with Crippen molar-refractivity contribution in [1.29, 1.82) is 0 Å². The zero-order valence-electron chi connectivity index (χ0n) is 7.99. The first-order chi connectivity index (χ1) is 6.19. The molecule has 3 heteroatoms. The molecule has 0 unspecified atom stereocenters. The van der Waals surface area contributed by atoms with Gasteiger partial charge < -0.3 is 5.11 Å². The Bertz CT molecular complexity index is 337. The van der Waals surface area contributed by atoms with Crippen LogP contribution in [0.5, 0.6) is 0 Å². The molecule has 3 nitrogen and oxygen atoms in total.